The van der Waals surface area contributed by atoms with E-state index in [2.05, 4.69) is 56.1 Å². The molecule has 0 saturated heterocycles. The number of anilines is 2. The Morgan fingerprint density at radius 1 is 1.06 bits per heavy atom. The molecule has 5 nitrogen and oxygen atoms in total. The van der Waals surface area contributed by atoms with Crippen molar-refractivity contribution in [2.24, 2.45) is 0 Å². The summed E-state index contributed by atoms with van der Waals surface area (Å²) in [7, 11) is 0. The number of carbonyl (C=O) groups excluding carboxylic acids is 1. The van der Waals surface area contributed by atoms with E-state index in [1.165, 1.54) is 11.3 Å². The highest BCUT2D eigenvalue weighted by atomic mass is 16.5. The molecule has 5 heteroatoms. The van der Waals surface area contributed by atoms with E-state index in [1.54, 1.807) is 0 Å². The highest BCUT2D eigenvalue weighted by Gasteiger charge is 2.32. The predicted octanol–water partition coefficient (Wildman–Crippen LogP) is 6.39. The van der Waals surface area contributed by atoms with Crippen LogP contribution in [0.2, 0.25) is 0 Å². The second-order valence-electron chi connectivity index (χ2n) is 9.39. The molecule has 3 aromatic rings. The maximum Gasteiger partial charge on any atom is 0.255 e. The van der Waals surface area contributed by atoms with Gasteiger partial charge in [-0.05, 0) is 82.1 Å². The van der Waals surface area contributed by atoms with Crippen molar-refractivity contribution in [2.75, 3.05) is 23.3 Å². The quantitative estimate of drug-likeness (QED) is 0.425. The highest BCUT2D eigenvalue weighted by Crippen LogP contribution is 2.42. The zero-order chi connectivity index (χ0) is 24.3. The van der Waals surface area contributed by atoms with Gasteiger partial charge in [-0.3, -0.25) is 4.79 Å². The SMILES string of the molecule is CCN(CC)c1ccc(NC(=O)c2ccc(COc3cccc4c3OC(C)(C)C4)cc2)c(C)c1. The molecule has 0 spiro atoms. The van der Waals surface area contributed by atoms with E-state index in [-0.39, 0.29) is 11.5 Å². The number of rotatable bonds is 8. The predicted molar refractivity (Wildman–Crippen MR) is 138 cm³/mol. The minimum Gasteiger partial charge on any atom is -0.485 e. The number of para-hydroxylation sites is 1. The Kier molecular flexibility index (Phi) is 6.82. The van der Waals surface area contributed by atoms with Crippen LogP contribution in [0.1, 0.15) is 54.7 Å². The number of aryl methyl sites for hydroxylation is 1. The fourth-order valence-corrected chi connectivity index (χ4v) is 4.38. The van der Waals surface area contributed by atoms with Crippen LogP contribution in [0, 0.1) is 6.92 Å². The first-order valence-corrected chi connectivity index (χ1v) is 12.0. The van der Waals surface area contributed by atoms with Crippen molar-refractivity contribution < 1.29 is 14.3 Å². The molecule has 0 aliphatic carbocycles. The smallest absolute Gasteiger partial charge is 0.255 e. The summed E-state index contributed by atoms with van der Waals surface area (Å²) in [6, 6.07) is 19.7. The topological polar surface area (TPSA) is 50.8 Å². The molecule has 0 bridgehead atoms. The van der Waals surface area contributed by atoms with Crippen LogP contribution in [0.4, 0.5) is 11.4 Å². The Labute approximate surface area is 202 Å². The number of nitrogens with one attached hydrogen (secondary N) is 1. The van der Waals surface area contributed by atoms with E-state index in [9.17, 15) is 4.79 Å². The lowest BCUT2D eigenvalue weighted by atomic mass is 10.0. The first-order chi connectivity index (χ1) is 16.3. The van der Waals surface area contributed by atoms with Crippen molar-refractivity contribution in [2.45, 2.75) is 53.2 Å². The van der Waals surface area contributed by atoms with Gasteiger partial charge in [-0.15, -0.1) is 0 Å². The van der Waals surface area contributed by atoms with Gasteiger partial charge in [0.1, 0.15) is 12.2 Å². The van der Waals surface area contributed by atoms with Gasteiger partial charge in [0.05, 0.1) is 0 Å². The molecular weight excluding hydrogens is 424 g/mol. The number of ether oxygens (including phenoxy) is 2. The van der Waals surface area contributed by atoms with Gasteiger partial charge < -0.3 is 19.7 Å². The molecule has 1 heterocycles. The summed E-state index contributed by atoms with van der Waals surface area (Å²) in [5.41, 5.74) is 5.62. The van der Waals surface area contributed by atoms with E-state index < -0.39 is 0 Å². The summed E-state index contributed by atoms with van der Waals surface area (Å²) in [4.78, 5) is 15.1. The summed E-state index contributed by atoms with van der Waals surface area (Å²) in [5.74, 6) is 1.47. The van der Waals surface area contributed by atoms with Gasteiger partial charge in [0.25, 0.3) is 5.91 Å². The van der Waals surface area contributed by atoms with Gasteiger partial charge in [0.2, 0.25) is 0 Å². The van der Waals surface area contributed by atoms with Crippen LogP contribution in [0.25, 0.3) is 0 Å². The lowest BCUT2D eigenvalue weighted by Gasteiger charge is -2.22. The normalized spacial score (nSPS) is 13.7. The van der Waals surface area contributed by atoms with E-state index in [0.717, 1.165) is 47.8 Å². The Morgan fingerprint density at radius 3 is 2.47 bits per heavy atom. The first kappa shape index (κ1) is 23.7. The Morgan fingerprint density at radius 2 is 1.79 bits per heavy atom. The summed E-state index contributed by atoms with van der Waals surface area (Å²) >= 11 is 0. The molecule has 0 fully saturated rings. The second kappa shape index (κ2) is 9.80. The van der Waals surface area contributed by atoms with Crippen LogP contribution >= 0.6 is 0 Å². The minimum absolute atomic E-state index is 0.123. The standard InChI is InChI=1S/C29H34N2O3/c1-6-31(7-2)24-15-16-25(20(3)17-24)30-28(32)22-13-11-21(12-14-22)19-33-26-10-8-9-23-18-29(4,5)34-27(23)26/h8-17H,6-7,18-19H2,1-5H3,(H,30,32). The van der Waals surface area contributed by atoms with Crippen molar-refractivity contribution in [1.29, 1.82) is 0 Å². The molecule has 3 aromatic carbocycles. The third kappa shape index (κ3) is 5.19. The first-order valence-electron chi connectivity index (χ1n) is 12.0. The van der Waals surface area contributed by atoms with E-state index in [1.807, 2.05) is 49.4 Å². The maximum absolute atomic E-state index is 12.8. The van der Waals surface area contributed by atoms with Gasteiger partial charge in [-0.2, -0.15) is 0 Å². The molecular formula is C29H34N2O3. The van der Waals surface area contributed by atoms with Crippen LogP contribution in [0.5, 0.6) is 11.5 Å². The molecule has 0 aromatic heterocycles. The van der Waals surface area contributed by atoms with Crippen molar-refractivity contribution in [3.63, 3.8) is 0 Å². The average molecular weight is 459 g/mol. The van der Waals surface area contributed by atoms with Gasteiger partial charge >= 0.3 is 0 Å². The molecule has 1 amide bonds. The Hall–Kier alpha value is -3.47. The van der Waals surface area contributed by atoms with Gasteiger partial charge in [-0.25, -0.2) is 0 Å². The molecule has 178 valence electrons. The zero-order valence-corrected chi connectivity index (χ0v) is 20.8. The largest absolute Gasteiger partial charge is 0.485 e. The Bertz CT molecular complexity index is 1160. The Balaban J connectivity index is 1.38. The third-order valence-electron chi connectivity index (χ3n) is 6.25. The summed E-state index contributed by atoms with van der Waals surface area (Å²) in [6.07, 6.45) is 0.876. The van der Waals surface area contributed by atoms with Crippen LogP contribution in [0.3, 0.4) is 0 Å². The fraction of sp³-hybridized carbons (Fsp3) is 0.345. The molecule has 34 heavy (non-hydrogen) atoms. The lowest BCUT2D eigenvalue weighted by molar-refractivity contribution is 0.102. The molecule has 0 atom stereocenters. The van der Waals surface area contributed by atoms with Crippen molar-refractivity contribution in [3.05, 3.63) is 82.9 Å². The van der Waals surface area contributed by atoms with Crippen LogP contribution in [-0.4, -0.2) is 24.6 Å². The minimum atomic E-state index is -0.207. The number of benzene rings is 3. The van der Waals surface area contributed by atoms with Crippen LogP contribution in [0.15, 0.2) is 60.7 Å². The fourth-order valence-electron chi connectivity index (χ4n) is 4.38. The number of fused-ring (bicyclic) bond motifs is 1. The molecule has 1 aliphatic heterocycles. The third-order valence-corrected chi connectivity index (χ3v) is 6.25. The van der Waals surface area contributed by atoms with Crippen molar-refractivity contribution >= 4 is 17.3 Å². The molecule has 4 rings (SSSR count). The molecule has 0 saturated carbocycles. The summed E-state index contributed by atoms with van der Waals surface area (Å²) < 4.78 is 12.1. The molecule has 0 radical (unpaired) electrons. The molecule has 1 aliphatic rings. The number of carbonyl (C=O) groups is 1. The summed E-state index contributed by atoms with van der Waals surface area (Å²) in [6.45, 7) is 12.8. The average Bonchev–Trinajstić information content (AvgIpc) is 3.15. The number of hydrogen-bond donors (Lipinski definition) is 1. The maximum atomic E-state index is 12.8. The van der Waals surface area contributed by atoms with Crippen LogP contribution in [-0.2, 0) is 13.0 Å². The molecule has 0 unspecified atom stereocenters. The monoisotopic (exact) mass is 458 g/mol. The number of nitrogens with zero attached hydrogens (tertiary/aromatic N) is 1. The van der Waals surface area contributed by atoms with Crippen molar-refractivity contribution in [1.82, 2.24) is 0 Å². The van der Waals surface area contributed by atoms with Crippen LogP contribution < -0.4 is 19.7 Å². The number of amides is 1. The van der Waals surface area contributed by atoms with E-state index in [0.29, 0.717) is 12.2 Å². The highest BCUT2D eigenvalue weighted by molar-refractivity contribution is 6.04. The molecule has 1 N–H and O–H groups in total. The zero-order valence-electron chi connectivity index (χ0n) is 20.8. The summed E-state index contributed by atoms with van der Waals surface area (Å²) in [5, 5.41) is 3.04. The van der Waals surface area contributed by atoms with Gasteiger partial charge in [0.15, 0.2) is 11.5 Å². The van der Waals surface area contributed by atoms with Gasteiger partial charge in [-0.1, -0.05) is 24.3 Å². The number of hydrogen-bond acceptors (Lipinski definition) is 4. The lowest BCUT2D eigenvalue weighted by Crippen LogP contribution is -2.24. The second-order valence-corrected chi connectivity index (χ2v) is 9.39. The van der Waals surface area contributed by atoms with E-state index in [4.69, 9.17) is 9.47 Å². The van der Waals surface area contributed by atoms with Gasteiger partial charge in [0, 0.05) is 42.0 Å². The van der Waals surface area contributed by atoms with E-state index >= 15 is 0 Å². The van der Waals surface area contributed by atoms with Crippen molar-refractivity contribution in [3.8, 4) is 11.5 Å².